The van der Waals surface area contributed by atoms with Crippen LogP contribution in [0.3, 0.4) is 0 Å². The van der Waals surface area contributed by atoms with E-state index in [0.29, 0.717) is 19.5 Å². The zero-order chi connectivity index (χ0) is 15.0. The topological polar surface area (TPSA) is 81.2 Å². The Hall–Kier alpha value is -0.920. The highest BCUT2D eigenvalue weighted by Gasteiger charge is 2.49. The van der Waals surface area contributed by atoms with Crippen molar-refractivity contribution in [3.8, 4) is 0 Å². The van der Waals surface area contributed by atoms with Gasteiger partial charge in [0, 0.05) is 43.7 Å². The Balaban J connectivity index is 2.25. The van der Waals surface area contributed by atoms with Gasteiger partial charge in [-0.2, -0.15) is 5.10 Å². The van der Waals surface area contributed by atoms with Gasteiger partial charge in [-0.25, -0.2) is 8.42 Å². The summed E-state index contributed by atoms with van der Waals surface area (Å²) >= 11 is 0. The van der Waals surface area contributed by atoms with Crippen molar-refractivity contribution in [3.63, 3.8) is 0 Å². The van der Waals surface area contributed by atoms with Crippen LogP contribution in [-0.4, -0.2) is 53.7 Å². The summed E-state index contributed by atoms with van der Waals surface area (Å²) in [6.45, 7) is 1.03. The summed E-state index contributed by atoms with van der Waals surface area (Å²) in [5.74, 6) is 0. The van der Waals surface area contributed by atoms with Crippen molar-refractivity contribution in [3.05, 3.63) is 18.0 Å². The fourth-order valence-corrected chi connectivity index (χ4v) is 5.23. The first kappa shape index (κ1) is 15.5. The Morgan fingerprint density at radius 2 is 2.30 bits per heavy atom. The van der Waals surface area contributed by atoms with E-state index < -0.39 is 15.4 Å². The van der Waals surface area contributed by atoms with Gasteiger partial charge in [0.2, 0.25) is 0 Å². The molecule has 1 aliphatic carbocycles. The maximum absolute atomic E-state index is 12.1. The van der Waals surface area contributed by atoms with Gasteiger partial charge in [-0.1, -0.05) is 6.42 Å². The van der Waals surface area contributed by atoms with E-state index in [9.17, 15) is 8.42 Å². The molecule has 0 radical (unpaired) electrons. The largest absolute Gasteiger partial charge is 0.329 e. The van der Waals surface area contributed by atoms with Crippen LogP contribution in [0, 0.1) is 0 Å². The van der Waals surface area contributed by atoms with Crippen LogP contribution in [0.2, 0.25) is 0 Å². The lowest BCUT2D eigenvalue weighted by Gasteiger charge is -2.41. The summed E-state index contributed by atoms with van der Waals surface area (Å²) in [6.07, 6.45) is 7.53. The van der Waals surface area contributed by atoms with Gasteiger partial charge in [-0.3, -0.25) is 9.58 Å². The highest BCUT2D eigenvalue weighted by Crippen LogP contribution is 2.38. The van der Waals surface area contributed by atoms with Gasteiger partial charge in [0.1, 0.15) is 0 Å². The van der Waals surface area contributed by atoms with Crippen molar-refractivity contribution in [2.75, 3.05) is 19.8 Å². The Morgan fingerprint density at radius 3 is 2.80 bits per heavy atom. The van der Waals surface area contributed by atoms with Crippen molar-refractivity contribution in [2.24, 2.45) is 12.8 Å². The van der Waals surface area contributed by atoms with Crippen molar-refractivity contribution < 1.29 is 8.42 Å². The molecule has 2 unspecified atom stereocenters. The SMILES string of the molecule is CN(Cc1cnn(C)c1)C1(CN)CCCC1S(C)(=O)=O. The number of hydrogen-bond acceptors (Lipinski definition) is 5. The molecule has 7 heteroatoms. The second kappa shape index (κ2) is 5.46. The molecule has 0 amide bonds. The number of nitrogens with two attached hydrogens (primary N) is 1. The predicted molar refractivity (Wildman–Crippen MR) is 78.9 cm³/mol. The summed E-state index contributed by atoms with van der Waals surface area (Å²) in [6, 6.07) is 0. The zero-order valence-corrected chi connectivity index (χ0v) is 13.2. The highest BCUT2D eigenvalue weighted by molar-refractivity contribution is 7.91. The third-order valence-electron chi connectivity index (χ3n) is 4.48. The molecule has 0 aliphatic heterocycles. The normalized spacial score (nSPS) is 27.4. The van der Waals surface area contributed by atoms with E-state index in [4.69, 9.17) is 5.73 Å². The molecule has 1 heterocycles. The van der Waals surface area contributed by atoms with Crippen LogP contribution in [0.1, 0.15) is 24.8 Å². The number of rotatable bonds is 5. The highest BCUT2D eigenvalue weighted by atomic mass is 32.2. The maximum Gasteiger partial charge on any atom is 0.152 e. The molecule has 2 atom stereocenters. The lowest BCUT2D eigenvalue weighted by atomic mass is 9.95. The first-order valence-electron chi connectivity index (χ1n) is 6.87. The molecule has 0 spiro atoms. The first-order chi connectivity index (χ1) is 9.29. The zero-order valence-electron chi connectivity index (χ0n) is 12.4. The number of likely N-dealkylation sites (N-methyl/N-ethyl adjacent to an activating group) is 1. The lowest BCUT2D eigenvalue weighted by molar-refractivity contribution is 0.126. The molecule has 0 aromatic carbocycles. The van der Waals surface area contributed by atoms with E-state index >= 15 is 0 Å². The number of aryl methyl sites for hydroxylation is 1. The van der Waals surface area contributed by atoms with Gasteiger partial charge in [-0.15, -0.1) is 0 Å². The second-order valence-electron chi connectivity index (χ2n) is 5.90. The average molecular weight is 300 g/mol. The van der Waals surface area contributed by atoms with Crippen LogP contribution in [0.5, 0.6) is 0 Å². The van der Waals surface area contributed by atoms with Gasteiger partial charge in [0.15, 0.2) is 9.84 Å². The van der Waals surface area contributed by atoms with Crippen LogP contribution >= 0.6 is 0 Å². The Bertz CT molecular complexity index is 569. The molecule has 20 heavy (non-hydrogen) atoms. The van der Waals surface area contributed by atoms with E-state index in [1.54, 1.807) is 4.68 Å². The molecule has 6 nitrogen and oxygen atoms in total. The summed E-state index contributed by atoms with van der Waals surface area (Å²) in [7, 11) is 0.737. The van der Waals surface area contributed by atoms with Crippen molar-refractivity contribution in [2.45, 2.75) is 36.6 Å². The predicted octanol–water partition coefficient (Wildman–Crippen LogP) is 0.147. The lowest BCUT2D eigenvalue weighted by Crippen LogP contribution is -2.58. The standard InChI is InChI=1S/C13H24N4O2S/c1-16(8-11-7-15-17(2)9-11)13(10-14)6-4-5-12(13)20(3,18)19/h7,9,12H,4-6,8,10,14H2,1-3H3. The van der Waals surface area contributed by atoms with E-state index in [1.807, 2.05) is 26.5 Å². The van der Waals surface area contributed by atoms with Gasteiger partial charge < -0.3 is 5.73 Å². The van der Waals surface area contributed by atoms with E-state index in [2.05, 4.69) is 10.00 Å². The minimum absolute atomic E-state index is 0.363. The monoisotopic (exact) mass is 300 g/mol. The van der Waals surface area contributed by atoms with Crippen LogP contribution in [0.4, 0.5) is 0 Å². The molecule has 1 aliphatic rings. The Morgan fingerprint density at radius 1 is 1.60 bits per heavy atom. The molecule has 1 saturated carbocycles. The van der Waals surface area contributed by atoms with Crippen LogP contribution < -0.4 is 5.73 Å². The second-order valence-corrected chi connectivity index (χ2v) is 8.12. The summed E-state index contributed by atoms with van der Waals surface area (Å²) in [5, 5.41) is 3.78. The number of nitrogens with zero attached hydrogens (tertiary/aromatic N) is 3. The minimum Gasteiger partial charge on any atom is -0.329 e. The van der Waals surface area contributed by atoms with Gasteiger partial charge >= 0.3 is 0 Å². The molecule has 0 bridgehead atoms. The minimum atomic E-state index is -3.10. The van der Waals surface area contributed by atoms with Crippen molar-refractivity contribution in [1.29, 1.82) is 0 Å². The summed E-state index contributed by atoms with van der Waals surface area (Å²) < 4.78 is 25.9. The molecular formula is C13H24N4O2S. The van der Waals surface area contributed by atoms with Crippen molar-refractivity contribution in [1.82, 2.24) is 14.7 Å². The van der Waals surface area contributed by atoms with Crippen LogP contribution in [0.25, 0.3) is 0 Å². The number of hydrogen-bond donors (Lipinski definition) is 1. The molecule has 1 aromatic heterocycles. The molecule has 2 rings (SSSR count). The van der Waals surface area contributed by atoms with Crippen LogP contribution in [-0.2, 0) is 23.4 Å². The van der Waals surface area contributed by atoms with Crippen LogP contribution in [0.15, 0.2) is 12.4 Å². The number of aromatic nitrogens is 2. The molecule has 2 N–H and O–H groups in total. The molecule has 0 saturated heterocycles. The molecule has 114 valence electrons. The van der Waals surface area contributed by atoms with Gasteiger partial charge in [-0.05, 0) is 19.9 Å². The quantitative estimate of drug-likeness (QED) is 0.837. The first-order valence-corrected chi connectivity index (χ1v) is 8.83. The van der Waals surface area contributed by atoms with E-state index in [0.717, 1.165) is 18.4 Å². The Kier molecular flexibility index (Phi) is 4.22. The molecule has 1 aromatic rings. The molecule has 1 fully saturated rings. The smallest absolute Gasteiger partial charge is 0.152 e. The van der Waals surface area contributed by atoms with Gasteiger partial charge in [0.05, 0.1) is 11.4 Å². The third kappa shape index (κ3) is 2.75. The van der Waals surface area contributed by atoms with E-state index in [-0.39, 0.29) is 5.25 Å². The van der Waals surface area contributed by atoms with Crippen molar-refractivity contribution >= 4 is 9.84 Å². The number of sulfone groups is 1. The summed E-state index contributed by atoms with van der Waals surface area (Å²) in [5.41, 5.74) is 6.61. The molecular weight excluding hydrogens is 276 g/mol. The summed E-state index contributed by atoms with van der Waals surface area (Å²) in [4.78, 5) is 2.10. The average Bonchev–Trinajstić information content (AvgIpc) is 2.95. The fourth-order valence-electron chi connectivity index (χ4n) is 3.45. The maximum atomic E-state index is 12.1. The third-order valence-corrected chi connectivity index (χ3v) is 6.19. The Labute approximate surface area is 120 Å². The van der Waals surface area contributed by atoms with E-state index in [1.165, 1.54) is 6.26 Å². The fraction of sp³-hybridized carbons (Fsp3) is 0.769. The van der Waals surface area contributed by atoms with Gasteiger partial charge in [0.25, 0.3) is 0 Å².